The van der Waals surface area contributed by atoms with E-state index in [4.69, 9.17) is 9.47 Å². The molecule has 0 saturated carbocycles. The van der Waals surface area contributed by atoms with E-state index < -0.39 is 12.2 Å². The third kappa shape index (κ3) is 3.88. The molecule has 5 heteroatoms. The number of ether oxygens (including phenoxy) is 2. The second-order valence-corrected chi connectivity index (χ2v) is 8.14. The van der Waals surface area contributed by atoms with E-state index in [1.807, 2.05) is 49.4 Å². The van der Waals surface area contributed by atoms with Gasteiger partial charge in [-0.2, -0.15) is 0 Å². The highest BCUT2D eigenvalue weighted by atomic mass is 16.5. The molecule has 0 bridgehead atoms. The van der Waals surface area contributed by atoms with Crippen LogP contribution in [0.25, 0.3) is 0 Å². The molecule has 2 aromatic carbocycles. The van der Waals surface area contributed by atoms with Crippen LogP contribution in [0.15, 0.2) is 42.5 Å². The lowest BCUT2D eigenvalue weighted by molar-refractivity contribution is -0.0588. The van der Waals surface area contributed by atoms with Crippen molar-refractivity contribution in [3.63, 3.8) is 0 Å². The van der Waals surface area contributed by atoms with E-state index in [1.54, 1.807) is 7.11 Å². The molecule has 4 rings (SSSR count). The number of hydrogen-bond acceptors (Lipinski definition) is 5. The average Bonchev–Trinajstić information content (AvgIpc) is 2.70. The number of aryl methyl sites for hydroxylation is 1. The van der Waals surface area contributed by atoms with Crippen molar-refractivity contribution in [1.82, 2.24) is 4.90 Å². The van der Waals surface area contributed by atoms with E-state index in [1.165, 1.54) is 5.56 Å². The molecule has 2 aliphatic heterocycles. The molecule has 0 aliphatic carbocycles. The topological polar surface area (TPSA) is 62.2 Å². The lowest BCUT2D eigenvalue weighted by Crippen LogP contribution is -2.51. The van der Waals surface area contributed by atoms with Crippen molar-refractivity contribution in [3.05, 3.63) is 59.2 Å². The lowest BCUT2D eigenvalue weighted by atomic mass is 9.81. The summed E-state index contributed by atoms with van der Waals surface area (Å²) in [4.78, 5) is 2.29. The van der Waals surface area contributed by atoms with Gasteiger partial charge in [-0.3, -0.25) is 0 Å². The van der Waals surface area contributed by atoms with Gasteiger partial charge in [0.25, 0.3) is 0 Å². The SMILES string of the molecule is COc1ccc2c(c1)[C@H](O)CC1(CCN(C[C@H](O)c3ccc(C)cc3)CC1)O2. The van der Waals surface area contributed by atoms with E-state index in [0.29, 0.717) is 13.0 Å². The summed E-state index contributed by atoms with van der Waals surface area (Å²) in [5, 5.41) is 21.3. The Kier molecular flexibility index (Phi) is 5.32. The molecule has 1 saturated heterocycles. The van der Waals surface area contributed by atoms with Crippen LogP contribution in [-0.2, 0) is 0 Å². The van der Waals surface area contributed by atoms with Crippen molar-refractivity contribution in [2.75, 3.05) is 26.7 Å². The van der Waals surface area contributed by atoms with Crippen LogP contribution in [0.1, 0.15) is 48.2 Å². The summed E-state index contributed by atoms with van der Waals surface area (Å²) in [6.07, 6.45) is 1.26. The molecule has 2 aliphatic rings. The fourth-order valence-corrected chi connectivity index (χ4v) is 4.33. The molecule has 2 atom stereocenters. The fraction of sp³-hybridized carbons (Fsp3) is 0.478. The van der Waals surface area contributed by atoms with Crippen LogP contribution in [0.4, 0.5) is 0 Å². The molecule has 0 aromatic heterocycles. The number of rotatable bonds is 4. The second-order valence-electron chi connectivity index (χ2n) is 8.14. The van der Waals surface area contributed by atoms with Crippen molar-refractivity contribution in [1.29, 1.82) is 0 Å². The maximum absolute atomic E-state index is 10.7. The zero-order chi connectivity index (χ0) is 19.7. The molecule has 2 heterocycles. The number of hydrogen-bond donors (Lipinski definition) is 2. The van der Waals surface area contributed by atoms with Gasteiger partial charge in [-0.1, -0.05) is 29.8 Å². The lowest BCUT2D eigenvalue weighted by Gasteiger charge is -2.46. The maximum atomic E-state index is 10.7. The Labute approximate surface area is 166 Å². The number of piperidine rings is 1. The van der Waals surface area contributed by atoms with Gasteiger partial charge in [-0.15, -0.1) is 0 Å². The molecule has 2 N–H and O–H groups in total. The molecule has 5 nitrogen and oxygen atoms in total. The van der Waals surface area contributed by atoms with Gasteiger partial charge >= 0.3 is 0 Å². The van der Waals surface area contributed by atoms with E-state index in [-0.39, 0.29) is 5.60 Å². The highest BCUT2D eigenvalue weighted by Gasteiger charge is 2.43. The Morgan fingerprint density at radius 2 is 1.89 bits per heavy atom. The van der Waals surface area contributed by atoms with E-state index in [0.717, 1.165) is 48.6 Å². The number of aliphatic hydroxyl groups is 2. The van der Waals surface area contributed by atoms with Crippen LogP contribution in [0.2, 0.25) is 0 Å². The Hall–Kier alpha value is -2.08. The maximum Gasteiger partial charge on any atom is 0.126 e. The van der Waals surface area contributed by atoms with E-state index >= 15 is 0 Å². The van der Waals surface area contributed by atoms with Crippen LogP contribution in [0, 0.1) is 6.92 Å². The number of aliphatic hydroxyl groups excluding tert-OH is 2. The molecule has 0 amide bonds. The molecule has 1 fully saturated rings. The van der Waals surface area contributed by atoms with Crippen molar-refractivity contribution in [3.8, 4) is 11.5 Å². The largest absolute Gasteiger partial charge is 0.497 e. The summed E-state index contributed by atoms with van der Waals surface area (Å²) >= 11 is 0. The van der Waals surface area contributed by atoms with Crippen molar-refractivity contribution < 1.29 is 19.7 Å². The summed E-state index contributed by atoms with van der Waals surface area (Å²) in [6, 6.07) is 13.7. The second kappa shape index (κ2) is 7.74. The van der Waals surface area contributed by atoms with E-state index in [9.17, 15) is 10.2 Å². The summed E-state index contributed by atoms with van der Waals surface area (Å²) in [5.41, 5.74) is 2.63. The Bertz CT molecular complexity index is 812. The standard InChI is InChI=1S/C23H29NO4/c1-16-3-5-17(6-4-16)21(26)15-24-11-9-23(10-12-24)14-20(25)19-13-18(27-2)7-8-22(19)28-23/h3-8,13,20-21,25-26H,9-12,14-15H2,1-2H3/t20-,21+/m1/s1. The van der Waals surface area contributed by atoms with Gasteiger partial charge < -0.3 is 24.6 Å². The average molecular weight is 383 g/mol. The van der Waals surface area contributed by atoms with Crippen LogP contribution >= 0.6 is 0 Å². The van der Waals surface area contributed by atoms with E-state index in [2.05, 4.69) is 4.90 Å². The number of nitrogens with zero attached hydrogens (tertiary/aromatic N) is 1. The van der Waals surface area contributed by atoms with Gasteiger partial charge in [0.15, 0.2) is 0 Å². The van der Waals surface area contributed by atoms with Gasteiger partial charge in [0, 0.05) is 31.6 Å². The Morgan fingerprint density at radius 3 is 2.57 bits per heavy atom. The zero-order valence-corrected chi connectivity index (χ0v) is 16.6. The van der Waals surface area contributed by atoms with Gasteiger partial charge in [-0.25, -0.2) is 0 Å². The van der Waals surface area contributed by atoms with Gasteiger partial charge in [0.1, 0.15) is 17.1 Å². The van der Waals surface area contributed by atoms with Crippen molar-refractivity contribution in [2.45, 2.75) is 44.0 Å². The van der Waals surface area contributed by atoms with Gasteiger partial charge in [-0.05, 0) is 43.5 Å². The first kappa shape index (κ1) is 19.2. The predicted octanol–water partition coefficient (Wildman–Crippen LogP) is 3.39. The fourth-order valence-electron chi connectivity index (χ4n) is 4.33. The minimum absolute atomic E-state index is 0.327. The van der Waals surface area contributed by atoms with Crippen molar-refractivity contribution in [2.24, 2.45) is 0 Å². The van der Waals surface area contributed by atoms with Crippen molar-refractivity contribution >= 4 is 0 Å². The monoisotopic (exact) mass is 383 g/mol. The molecule has 1 spiro atoms. The quantitative estimate of drug-likeness (QED) is 0.847. The van der Waals surface area contributed by atoms with Crippen LogP contribution in [0.5, 0.6) is 11.5 Å². The summed E-state index contributed by atoms with van der Waals surface area (Å²) < 4.78 is 11.6. The smallest absolute Gasteiger partial charge is 0.126 e. The normalized spacial score (nSPS) is 22.4. The predicted molar refractivity (Wildman–Crippen MR) is 108 cm³/mol. The molecule has 0 unspecified atom stereocenters. The number of methoxy groups -OCH3 is 1. The molecule has 28 heavy (non-hydrogen) atoms. The molecule has 0 radical (unpaired) electrons. The first-order chi connectivity index (χ1) is 13.5. The highest BCUT2D eigenvalue weighted by Crippen LogP contribution is 2.45. The van der Waals surface area contributed by atoms with Crippen LogP contribution in [0.3, 0.4) is 0 Å². The molecule has 2 aromatic rings. The molecule has 150 valence electrons. The van der Waals surface area contributed by atoms with Gasteiger partial charge in [0.05, 0.1) is 19.3 Å². The summed E-state index contributed by atoms with van der Waals surface area (Å²) in [6.45, 7) is 4.37. The third-order valence-electron chi connectivity index (χ3n) is 6.13. The number of fused-ring (bicyclic) bond motifs is 1. The number of likely N-dealkylation sites (tertiary alicyclic amines) is 1. The number of benzene rings is 2. The van der Waals surface area contributed by atoms with Crippen LogP contribution in [-0.4, -0.2) is 47.5 Å². The zero-order valence-electron chi connectivity index (χ0n) is 16.6. The minimum atomic E-state index is -0.538. The molecular formula is C23H29NO4. The minimum Gasteiger partial charge on any atom is -0.497 e. The molecular weight excluding hydrogens is 354 g/mol. The summed E-state index contributed by atoms with van der Waals surface area (Å²) in [5.74, 6) is 1.49. The Balaban J connectivity index is 1.39. The Morgan fingerprint density at radius 1 is 1.18 bits per heavy atom. The highest BCUT2D eigenvalue weighted by molar-refractivity contribution is 5.43. The first-order valence-corrected chi connectivity index (χ1v) is 10.00. The van der Waals surface area contributed by atoms with Gasteiger partial charge in [0.2, 0.25) is 0 Å². The summed E-state index contributed by atoms with van der Waals surface area (Å²) in [7, 11) is 1.63. The third-order valence-corrected chi connectivity index (χ3v) is 6.13. The van der Waals surface area contributed by atoms with Crippen LogP contribution < -0.4 is 9.47 Å². The first-order valence-electron chi connectivity index (χ1n) is 10.00. The number of β-amino-alcohol motifs (C(OH)–C–C–N with tert-alkyl or cyclic N) is 1.